The normalized spacial score (nSPS) is 31.1. The van der Waals surface area contributed by atoms with Gasteiger partial charge in [0.1, 0.15) is 6.10 Å². The highest BCUT2D eigenvalue weighted by Gasteiger charge is 2.67. The van der Waals surface area contributed by atoms with Crippen LogP contribution in [0.15, 0.2) is 42.5 Å². The van der Waals surface area contributed by atoms with Crippen LogP contribution in [0.5, 0.6) is 11.5 Å². The number of aliphatic hydroxyl groups is 1. The van der Waals surface area contributed by atoms with E-state index in [9.17, 15) is 14.7 Å². The maximum absolute atomic E-state index is 14.5. The minimum atomic E-state index is -0.328. The van der Waals surface area contributed by atoms with Gasteiger partial charge in [0.05, 0.1) is 12.1 Å². The molecular formula is C43H58N2O5. The largest absolute Gasteiger partial charge is 0.483 e. The number of hydrogen-bond donors (Lipinski definition) is 1. The highest BCUT2D eigenvalue weighted by molar-refractivity contribution is 5.77. The first-order chi connectivity index (χ1) is 24.4. The lowest BCUT2D eigenvalue weighted by atomic mass is 9.51. The SMILES string of the molecule is CC(=O)Oc1ccc2c3c1O[C@H]1[C@@H](N(CC4CCCCC4)C(=O)CCCCCCCc4ccccc4)CC[C@H]4[C@@H](C2)N(CC2CC2O)CC[C@@]341. The average molecular weight is 683 g/mol. The molecule has 3 saturated carbocycles. The Bertz CT molecular complexity index is 1520. The van der Waals surface area contributed by atoms with E-state index in [2.05, 4.69) is 46.2 Å². The zero-order valence-electron chi connectivity index (χ0n) is 30.2. The summed E-state index contributed by atoms with van der Waals surface area (Å²) in [4.78, 5) is 31.7. The van der Waals surface area contributed by atoms with Gasteiger partial charge in [0, 0.05) is 49.4 Å². The first-order valence-corrected chi connectivity index (χ1v) is 20.2. The summed E-state index contributed by atoms with van der Waals surface area (Å²) in [7, 11) is 0. The first kappa shape index (κ1) is 34.2. The van der Waals surface area contributed by atoms with Crippen molar-refractivity contribution in [2.75, 3.05) is 19.6 Å². The van der Waals surface area contributed by atoms with Gasteiger partial charge in [-0.1, -0.05) is 74.9 Å². The van der Waals surface area contributed by atoms with E-state index in [1.807, 2.05) is 6.07 Å². The first-order valence-electron chi connectivity index (χ1n) is 20.2. The van der Waals surface area contributed by atoms with E-state index in [0.717, 1.165) is 76.8 Å². The van der Waals surface area contributed by atoms with Gasteiger partial charge in [0.25, 0.3) is 0 Å². The van der Waals surface area contributed by atoms with Gasteiger partial charge in [-0.05, 0) is 99.8 Å². The molecule has 6 aliphatic rings. The van der Waals surface area contributed by atoms with Gasteiger partial charge < -0.3 is 19.5 Å². The molecule has 1 spiro atoms. The van der Waals surface area contributed by atoms with E-state index in [1.54, 1.807) is 0 Å². The number of carbonyl (C=O) groups excluding carboxylic acids is 2. The van der Waals surface area contributed by atoms with Crippen LogP contribution < -0.4 is 9.47 Å². The lowest BCUT2D eigenvalue weighted by Gasteiger charge is -2.60. The van der Waals surface area contributed by atoms with Crippen molar-refractivity contribution in [2.24, 2.45) is 17.8 Å². The molecule has 2 unspecified atom stereocenters. The zero-order chi connectivity index (χ0) is 34.2. The Morgan fingerprint density at radius 2 is 1.76 bits per heavy atom. The Kier molecular flexibility index (Phi) is 10.00. The Morgan fingerprint density at radius 1 is 0.980 bits per heavy atom. The molecule has 7 atom stereocenters. The minimum Gasteiger partial charge on any atom is -0.483 e. The number of likely N-dealkylation sites (tertiary alicyclic amines) is 1. The molecule has 2 bridgehead atoms. The summed E-state index contributed by atoms with van der Waals surface area (Å²) in [5, 5.41) is 10.2. The van der Waals surface area contributed by atoms with Crippen LogP contribution in [-0.4, -0.2) is 70.7 Å². The molecule has 2 aromatic carbocycles. The summed E-state index contributed by atoms with van der Waals surface area (Å²) in [6.07, 6.45) is 18.3. The van der Waals surface area contributed by atoms with Gasteiger partial charge in [-0.25, -0.2) is 0 Å². The van der Waals surface area contributed by atoms with Crippen molar-refractivity contribution >= 4 is 11.9 Å². The zero-order valence-corrected chi connectivity index (χ0v) is 30.2. The number of ether oxygens (including phenoxy) is 2. The van der Waals surface area contributed by atoms with Crippen molar-refractivity contribution in [2.45, 2.75) is 146 Å². The van der Waals surface area contributed by atoms with Crippen molar-refractivity contribution in [3.05, 3.63) is 59.2 Å². The standard InChI is InChI=1S/C43H58N2O5/c1-29(46)49-38-22-19-32-25-36-34-20-21-35(42-43(34,40(32)41(38)50-42)23-24-44(36)28-33-26-37(33)47)45(27-31-16-10-6-11-17-31)39(48)18-12-4-2-3-7-13-30-14-8-5-9-15-30/h5,8-9,14-15,19,22,31,33-37,42,47H,2-4,6-7,10-13,16-18,20-21,23-28H2,1H3/t33?,34-,35-,36+,37?,42-,43-/m0/s1. The molecule has 4 fully saturated rings. The van der Waals surface area contributed by atoms with Crippen molar-refractivity contribution in [1.29, 1.82) is 0 Å². The highest BCUT2D eigenvalue weighted by atomic mass is 16.6. The fraction of sp³-hybridized carbons (Fsp3) is 0.674. The van der Waals surface area contributed by atoms with Gasteiger partial charge in [-0.3, -0.25) is 14.5 Å². The number of unbranched alkanes of at least 4 members (excludes halogenated alkanes) is 4. The second-order valence-corrected chi connectivity index (χ2v) is 16.7. The topological polar surface area (TPSA) is 79.3 Å². The molecule has 0 aromatic heterocycles. The third kappa shape index (κ3) is 6.62. The quantitative estimate of drug-likeness (QED) is 0.127. The molecule has 7 nitrogen and oxygen atoms in total. The Balaban J connectivity index is 1.02. The van der Waals surface area contributed by atoms with Crippen molar-refractivity contribution in [3.8, 4) is 11.5 Å². The fourth-order valence-electron chi connectivity index (χ4n) is 11.1. The number of piperidine rings is 1. The number of carbonyl (C=O) groups is 2. The number of amides is 1. The van der Waals surface area contributed by atoms with Crippen LogP contribution in [0.3, 0.4) is 0 Å². The summed E-state index contributed by atoms with van der Waals surface area (Å²) in [5.41, 5.74) is 3.82. The number of benzene rings is 2. The summed E-state index contributed by atoms with van der Waals surface area (Å²) in [5.74, 6) is 2.67. The Labute approximate surface area is 299 Å². The van der Waals surface area contributed by atoms with Crippen molar-refractivity contribution in [1.82, 2.24) is 9.80 Å². The number of nitrogens with zero attached hydrogens (tertiary/aromatic N) is 2. The molecular weight excluding hydrogens is 624 g/mol. The van der Waals surface area contributed by atoms with Gasteiger partial charge in [0.15, 0.2) is 11.5 Å². The van der Waals surface area contributed by atoms with Crippen LogP contribution in [-0.2, 0) is 27.8 Å². The van der Waals surface area contributed by atoms with Crippen LogP contribution in [0.2, 0.25) is 0 Å². The van der Waals surface area contributed by atoms with Crippen LogP contribution in [0, 0.1) is 17.8 Å². The third-order valence-electron chi connectivity index (χ3n) is 13.6. The van der Waals surface area contributed by atoms with Crippen LogP contribution in [0.1, 0.15) is 120 Å². The molecule has 1 N–H and O–H groups in total. The maximum atomic E-state index is 14.5. The molecule has 1 saturated heterocycles. The Morgan fingerprint density at radius 3 is 2.54 bits per heavy atom. The number of aryl methyl sites for hydroxylation is 1. The molecule has 8 rings (SSSR count). The van der Waals surface area contributed by atoms with E-state index < -0.39 is 0 Å². The number of aliphatic hydroxyl groups excluding tert-OH is 1. The molecule has 7 heteroatoms. The highest BCUT2D eigenvalue weighted by Crippen LogP contribution is 2.64. The lowest BCUT2D eigenvalue weighted by molar-refractivity contribution is -0.144. The second kappa shape index (κ2) is 14.6. The van der Waals surface area contributed by atoms with Gasteiger partial charge in [0.2, 0.25) is 5.91 Å². The molecule has 4 aliphatic carbocycles. The molecule has 1 amide bonds. The number of rotatable bonds is 14. The minimum absolute atomic E-state index is 0.0209. The molecule has 50 heavy (non-hydrogen) atoms. The van der Waals surface area contributed by atoms with Crippen molar-refractivity contribution < 1.29 is 24.2 Å². The predicted octanol–water partition coefficient (Wildman–Crippen LogP) is 7.39. The third-order valence-corrected chi connectivity index (χ3v) is 13.6. The van der Waals surface area contributed by atoms with E-state index in [4.69, 9.17) is 9.47 Å². The van der Waals surface area contributed by atoms with Crippen molar-refractivity contribution in [3.63, 3.8) is 0 Å². The smallest absolute Gasteiger partial charge is 0.308 e. The molecule has 2 heterocycles. The van der Waals surface area contributed by atoms with Gasteiger partial charge in [-0.2, -0.15) is 0 Å². The molecule has 0 radical (unpaired) electrons. The molecule has 270 valence electrons. The average Bonchev–Trinajstić information content (AvgIpc) is 3.70. The van der Waals surface area contributed by atoms with E-state index in [0.29, 0.717) is 41.9 Å². The summed E-state index contributed by atoms with van der Waals surface area (Å²) in [6.45, 7) is 4.26. The number of hydrogen-bond acceptors (Lipinski definition) is 6. The van der Waals surface area contributed by atoms with Gasteiger partial charge >= 0.3 is 5.97 Å². The number of esters is 1. The summed E-state index contributed by atoms with van der Waals surface area (Å²) < 4.78 is 13.0. The summed E-state index contributed by atoms with van der Waals surface area (Å²) >= 11 is 0. The van der Waals surface area contributed by atoms with Crippen LogP contribution in [0.25, 0.3) is 0 Å². The second-order valence-electron chi connectivity index (χ2n) is 16.7. The molecule has 2 aromatic rings. The predicted molar refractivity (Wildman–Crippen MR) is 194 cm³/mol. The van der Waals surface area contributed by atoms with Gasteiger partial charge in [-0.15, -0.1) is 0 Å². The Hall–Kier alpha value is -2.90. The van der Waals surface area contributed by atoms with E-state index in [1.165, 1.54) is 75.0 Å². The maximum Gasteiger partial charge on any atom is 0.308 e. The van der Waals surface area contributed by atoms with Crippen LogP contribution in [0.4, 0.5) is 0 Å². The fourth-order valence-corrected chi connectivity index (χ4v) is 11.1. The van der Waals surface area contributed by atoms with E-state index in [-0.39, 0.29) is 29.6 Å². The lowest BCUT2D eigenvalue weighted by Crippen LogP contribution is -2.69. The monoisotopic (exact) mass is 682 g/mol. The van der Waals surface area contributed by atoms with Crippen LogP contribution >= 0.6 is 0 Å². The molecule has 2 aliphatic heterocycles. The van der Waals surface area contributed by atoms with E-state index >= 15 is 0 Å². The summed E-state index contributed by atoms with van der Waals surface area (Å²) in [6, 6.07) is 15.3.